The van der Waals surface area contributed by atoms with Crippen molar-refractivity contribution in [3.05, 3.63) is 28.8 Å². The molecular weight excluding hydrogens is 166 g/mol. The summed E-state index contributed by atoms with van der Waals surface area (Å²) in [6.07, 6.45) is 0. The second kappa shape index (κ2) is 4.23. The third-order valence-corrected chi connectivity index (χ3v) is 2.11. The highest BCUT2D eigenvalue weighted by atomic mass is 16.3. The molecule has 0 heterocycles. The highest BCUT2D eigenvalue weighted by molar-refractivity contribution is 5.45. The van der Waals surface area contributed by atoms with Crippen LogP contribution in [0.15, 0.2) is 12.1 Å². The van der Waals surface area contributed by atoms with E-state index in [1.807, 2.05) is 6.07 Å². The fraction of sp³-hybridized carbons (Fsp3) is 0.333. The van der Waals surface area contributed by atoms with Gasteiger partial charge in [0.25, 0.3) is 0 Å². The van der Waals surface area contributed by atoms with Crippen LogP contribution in [-0.4, -0.2) is 5.11 Å². The molecule has 0 atom stereocenters. The van der Waals surface area contributed by atoms with Crippen molar-refractivity contribution in [2.24, 2.45) is 17.2 Å². The van der Waals surface area contributed by atoms with Gasteiger partial charge in [-0.05, 0) is 5.56 Å². The summed E-state index contributed by atoms with van der Waals surface area (Å²) in [5.74, 6) is 0.188. The zero-order valence-corrected chi connectivity index (χ0v) is 7.46. The summed E-state index contributed by atoms with van der Waals surface area (Å²) in [6.45, 7) is 0.973. The minimum atomic E-state index is 0.188. The van der Waals surface area contributed by atoms with E-state index in [1.165, 1.54) is 0 Å². The van der Waals surface area contributed by atoms with Crippen LogP contribution in [0.3, 0.4) is 0 Å². The molecule has 0 saturated heterocycles. The van der Waals surface area contributed by atoms with E-state index in [4.69, 9.17) is 17.2 Å². The van der Waals surface area contributed by atoms with E-state index in [0.29, 0.717) is 24.2 Å². The van der Waals surface area contributed by atoms with E-state index in [0.717, 1.165) is 5.56 Å². The van der Waals surface area contributed by atoms with Crippen LogP contribution in [-0.2, 0) is 19.6 Å². The summed E-state index contributed by atoms with van der Waals surface area (Å²) >= 11 is 0. The molecule has 7 N–H and O–H groups in total. The fourth-order valence-corrected chi connectivity index (χ4v) is 1.31. The molecule has 0 fully saturated rings. The number of hydrogen-bond acceptors (Lipinski definition) is 4. The molecule has 1 rings (SSSR count). The van der Waals surface area contributed by atoms with Crippen molar-refractivity contribution in [1.29, 1.82) is 0 Å². The molecule has 1 aromatic carbocycles. The van der Waals surface area contributed by atoms with E-state index in [1.54, 1.807) is 6.07 Å². The first-order valence-electron chi connectivity index (χ1n) is 4.17. The summed E-state index contributed by atoms with van der Waals surface area (Å²) in [5.41, 5.74) is 18.7. The third-order valence-electron chi connectivity index (χ3n) is 2.11. The van der Waals surface area contributed by atoms with Gasteiger partial charge in [-0.3, -0.25) is 0 Å². The molecule has 13 heavy (non-hydrogen) atoms. The van der Waals surface area contributed by atoms with Crippen LogP contribution in [0.4, 0.5) is 0 Å². The molecule has 0 amide bonds. The zero-order valence-electron chi connectivity index (χ0n) is 7.46. The van der Waals surface area contributed by atoms with Gasteiger partial charge in [-0.1, -0.05) is 12.1 Å². The van der Waals surface area contributed by atoms with Crippen LogP contribution in [0, 0.1) is 0 Å². The minimum Gasteiger partial charge on any atom is -0.507 e. The second-order valence-electron chi connectivity index (χ2n) is 2.82. The molecule has 0 aromatic heterocycles. The summed E-state index contributed by atoms with van der Waals surface area (Å²) in [4.78, 5) is 0. The minimum absolute atomic E-state index is 0.188. The number of nitrogens with two attached hydrogens (primary N) is 3. The van der Waals surface area contributed by atoms with Crippen molar-refractivity contribution in [3.8, 4) is 5.75 Å². The van der Waals surface area contributed by atoms with Crippen molar-refractivity contribution in [1.82, 2.24) is 0 Å². The number of phenols is 1. The zero-order chi connectivity index (χ0) is 9.84. The summed E-state index contributed by atoms with van der Waals surface area (Å²) < 4.78 is 0. The number of aromatic hydroxyl groups is 1. The van der Waals surface area contributed by atoms with Crippen LogP contribution < -0.4 is 17.2 Å². The van der Waals surface area contributed by atoms with Crippen molar-refractivity contribution in [3.63, 3.8) is 0 Å². The lowest BCUT2D eigenvalue weighted by atomic mass is 10.0. The Morgan fingerprint density at radius 1 is 0.923 bits per heavy atom. The second-order valence-corrected chi connectivity index (χ2v) is 2.82. The largest absolute Gasteiger partial charge is 0.507 e. The molecule has 0 radical (unpaired) electrons. The molecule has 0 aliphatic heterocycles. The van der Waals surface area contributed by atoms with Crippen molar-refractivity contribution in [2.45, 2.75) is 19.6 Å². The topological polar surface area (TPSA) is 98.3 Å². The highest BCUT2D eigenvalue weighted by Gasteiger charge is 2.08. The molecule has 1 aromatic rings. The van der Waals surface area contributed by atoms with Gasteiger partial charge in [0, 0.05) is 30.8 Å². The van der Waals surface area contributed by atoms with E-state index in [9.17, 15) is 5.11 Å². The standard InChI is InChI=1S/C9H15N3O/c10-3-6-1-2-7(4-11)9(13)8(6)5-12/h1-2,13H,3-5,10-12H2. The van der Waals surface area contributed by atoms with Gasteiger partial charge in [-0.15, -0.1) is 0 Å². The maximum Gasteiger partial charge on any atom is 0.124 e. The van der Waals surface area contributed by atoms with Gasteiger partial charge in [0.15, 0.2) is 0 Å². The van der Waals surface area contributed by atoms with Crippen LogP contribution in [0.2, 0.25) is 0 Å². The predicted molar refractivity (Wildman–Crippen MR) is 51.8 cm³/mol. The van der Waals surface area contributed by atoms with Gasteiger partial charge in [0.05, 0.1) is 0 Å². The first kappa shape index (κ1) is 9.98. The molecule has 0 aliphatic rings. The average Bonchev–Trinajstić information content (AvgIpc) is 2.17. The van der Waals surface area contributed by atoms with Crippen LogP contribution in [0.5, 0.6) is 5.75 Å². The lowest BCUT2D eigenvalue weighted by molar-refractivity contribution is 0.460. The predicted octanol–water partition coefficient (Wildman–Crippen LogP) is -0.232. The normalized spacial score (nSPS) is 10.4. The fourth-order valence-electron chi connectivity index (χ4n) is 1.31. The quantitative estimate of drug-likeness (QED) is 0.517. The van der Waals surface area contributed by atoms with Gasteiger partial charge < -0.3 is 22.3 Å². The maximum atomic E-state index is 9.69. The smallest absolute Gasteiger partial charge is 0.124 e. The first-order valence-corrected chi connectivity index (χ1v) is 4.17. The van der Waals surface area contributed by atoms with Gasteiger partial charge in [-0.25, -0.2) is 0 Å². The van der Waals surface area contributed by atoms with Crippen molar-refractivity contribution in [2.75, 3.05) is 0 Å². The third kappa shape index (κ3) is 1.80. The number of rotatable bonds is 3. The Balaban J connectivity index is 3.23. The Labute approximate surface area is 77.3 Å². The Hall–Kier alpha value is -1.10. The lowest BCUT2D eigenvalue weighted by Gasteiger charge is -2.11. The monoisotopic (exact) mass is 181 g/mol. The number of phenolic OH excluding ortho intramolecular Hbond substituents is 1. The SMILES string of the molecule is NCc1ccc(CN)c(CN)c1O. The average molecular weight is 181 g/mol. The van der Waals surface area contributed by atoms with Crippen LogP contribution in [0.25, 0.3) is 0 Å². The van der Waals surface area contributed by atoms with Gasteiger partial charge >= 0.3 is 0 Å². The number of benzene rings is 1. The molecule has 72 valence electrons. The van der Waals surface area contributed by atoms with Gasteiger partial charge in [0.2, 0.25) is 0 Å². The Bertz CT molecular complexity index is 299. The molecule has 0 bridgehead atoms. The Morgan fingerprint density at radius 2 is 1.46 bits per heavy atom. The van der Waals surface area contributed by atoms with E-state index in [2.05, 4.69) is 0 Å². The van der Waals surface area contributed by atoms with Crippen LogP contribution >= 0.6 is 0 Å². The van der Waals surface area contributed by atoms with E-state index < -0.39 is 0 Å². The van der Waals surface area contributed by atoms with Gasteiger partial charge in [-0.2, -0.15) is 0 Å². The maximum absolute atomic E-state index is 9.69. The summed E-state index contributed by atoms with van der Waals surface area (Å²) in [5, 5.41) is 9.69. The molecule has 0 spiro atoms. The molecule has 0 aliphatic carbocycles. The van der Waals surface area contributed by atoms with Crippen molar-refractivity contribution < 1.29 is 5.11 Å². The summed E-state index contributed by atoms with van der Waals surface area (Å²) in [6, 6.07) is 3.63. The van der Waals surface area contributed by atoms with Crippen LogP contribution in [0.1, 0.15) is 16.7 Å². The Morgan fingerprint density at radius 3 is 1.92 bits per heavy atom. The van der Waals surface area contributed by atoms with E-state index >= 15 is 0 Å². The molecule has 0 unspecified atom stereocenters. The molecule has 0 saturated carbocycles. The number of hydrogen-bond donors (Lipinski definition) is 4. The summed E-state index contributed by atoms with van der Waals surface area (Å²) in [7, 11) is 0. The Kier molecular flexibility index (Phi) is 3.25. The van der Waals surface area contributed by atoms with E-state index in [-0.39, 0.29) is 12.3 Å². The van der Waals surface area contributed by atoms with Crippen molar-refractivity contribution >= 4 is 0 Å². The molecule has 4 heteroatoms. The molecule has 4 nitrogen and oxygen atoms in total. The lowest BCUT2D eigenvalue weighted by Crippen LogP contribution is -2.08. The molecular formula is C9H15N3O. The highest BCUT2D eigenvalue weighted by Crippen LogP contribution is 2.25. The van der Waals surface area contributed by atoms with Gasteiger partial charge in [0.1, 0.15) is 5.75 Å². The first-order chi connectivity index (χ1) is 6.24.